The highest BCUT2D eigenvalue weighted by Crippen LogP contribution is 2.20. The molecular formula is C7H12N4O3S2. The molecule has 0 fully saturated rings. The van der Waals surface area contributed by atoms with Crippen LogP contribution in [0.3, 0.4) is 0 Å². The summed E-state index contributed by atoms with van der Waals surface area (Å²) in [6, 6.07) is 0. The van der Waals surface area contributed by atoms with Crippen molar-refractivity contribution in [1.82, 2.24) is 9.29 Å². The van der Waals surface area contributed by atoms with Crippen LogP contribution in [0.5, 0.6) is 0 Å². The van der Waals surface area contributed by atoms with Gasteiger partial charge in [-0.15, -0.1) is 11.3 Å². The van der Waals surface area contributed by atoms with Gasteiger partial charge in [-0.2, -0.15) is 4.31 Å². The summed E-state index contributed by atoms with van der Waals surface area (Å²) in [6.07, 6.45) is 1.29. The molecule has 1 rings (SSSR count). The Kier molecular flexibility index (Phi) is 3.83. The van der Waals surface area contributed by atoms with Crippen LogP contribution >= 0.6 is 11.3 Å². The van der Waals surface area contributed by atoms with Gasteiger partial charge >= 0.3 is 0 Å². The minimum Gasteiger partial charge on any atom is -0.409 e. The molecule has 7 nitrogen and oxygen atoms in total. The van der Waals surface area contributed by atoms with Crippen LogP contribution in [-0.2, 0) is 10.0 Å². The Balaban J connectivity index is 2.94. The van der Waals surface area contributed by atoms with E-state index in [9.17, 15) is 8.42 Å². The van der Waals surface area contributed by atoms with Gasteiger partial charge in [-0.25, -0.2) is 13.4 Å². The van der Waals surface area contributed by atoms with E-state index in [4.69, 9.17) is 10.9 Å². The fraction of sp³-hybridized carbons (Fsp3) is 0.429. The van der Waals surface area contributed by atoms with Gasteiger partial charge in [0.15, 0.2) is 10.0 Å². The zero-order chi connectivity index (χ0) is 12.3. The van der Waals surface area contributed by atoms with Gasteiger partial charge in [-0.3, -0.25) is 0 Å². The third kappa shape index (κ3) is 2.68. The number of thiazole rings is 1. The Morgan fingerprint density at radius 2 is 2.38 bits per heavy atom. The first-order valence-electron chi connectivity index (χ1n) is 4.23. The molecule has 1 aromatic heterocycles. The number of aromatic nitrogens is 1. The molecule has 3 N–H and O–H groups in total. The molecule has 0 spiro atoms. The van der Waals surface area contributed by atoms with Crippen molar-refractivity contribution in [3.63, 3.8) is 0 Å². The molecule has 0 radical (unpaired) electrons. The number of amidine groups is 1. The number of nitrogens with zero attached hydrogens (tertiary/aromatic N) is 3. The maximum Gasteiger partial charge on any atom is 0.254 e. The Morgan fingerprint density at radius 3 is 2.81 bits per heavy atom. The fourth-order valence-electron chi connectivity index (χ4n) is 0.959. The maximum absolute atomic E-state index is 11.9. The van der Waals surface area contributed by atoms with Crippen molar-refractivity contribution in [2.75, 3.05) is 13.6 Å². The second-order valence-corrected chi connectivity index (χ2v) is 6.56. The molecule has 0 atom stereocenters. The number of nitrogens with two attached hydrogens (primary N) is 1. The lowest BCUT2D eigenvalue weighted by Gasteiger charge is -2.14. The number of rotatable bonds is 4. The Hall–Kier alpha value is -1.19. The first-order chi connectivity index (χ1) is 7.37. The monoisotopic (exact) mass is 264 g/mol. The highest BCUT2D eigenvalue weighted by Gasteiger charge is 2.23. The number of aryl methyl sites for hydroxylation is 1. The number of sulfonamides is 1. The lowest BCUT2D eigenvalue weighted by Crippen LogP contribution is -2.35. The van der Waals surface area contributed by atoms with Crippen molar-refractivity contribution in [2.24, 2.45) is 10.9 Å². The third-order valence-electron chi connectivity index (χ3n) is 1.78. The molecule has 0 saturated heterocycles. The Bertz CT molecular complexity index is 493. The van der Waals surface area contributed by atoms with Crippen LogP contribution in [0.4, 0.5) is 0 Å². The average molecular weight is 264 g/mol. The third-order valence-corrected chi connectivity index (χ3v) is 4.93. The summed E-state index contributed by atoms with van der Waals surface area (Å²) < 4.78 is 24.9. The second kappa shape index (κ2) is 4.76. The van der Waals surface area contributed by atoms with E-state index in [0.29, 0.717) is 5.01 Å². The molecular weight excluding hydrogens is 252 g/mol. The molecule has 1 heterocycles. The molecule has 0 unspecified atom stereocenters. The average Bonchev–Trinajstić information content (AvgIpc) is 2.65. The van der Waals surface area contributed by atoms with Crippen LogP contribution in [-0.4, -0.2) is 42.3 Å². The van der Waals surface area contributed by atoms with Crippen molar-refractivity contribution < 1.29 is 13.6 Å². The second-order valence-electron chi connectivity index (χ2n) is 3.05. The minimum atomic E-state index is -3.61. The summed E-state index contributed by atoms with van der Waals surface area (Å²) in [5.74, 6) is -0.174. The molecule has 0 aromatic carbocycles. The summed E-state index contributed by atoms with van der Waals surface area (Å²) in [5.41, 5.74) is 5.24. The summed E-state index contributed by atoms with van der Waals surface area (Å²) in [7, 11) is -2.26. The van der Waals surface area contributed by atoms with Gasteiger partial charge < -0.3 is 10.9 Å². The highest BCUT2D eigenvalue weighted by molar-refractivity contribution is 7.91. The van der Waals surface area contributed by atoms with Gasteiger partial charge in [-0.1, -0.05) is 5.16 Å². The van der Waals surface area contributed by atoms with E-state index >= 15 is 0 Å². The number of hydrogen-bond donors (Lipinski definition) is 2. The number of oxime groups is 1. The van der Waals surface area contributed by atoms with Gasteiger partial charge in [-0.05, 0) is 6.92 Å². The van der Waals surface area contributed by atoms with Gasteiger partial charge in [0.05, 0.1) is 17.7 Å². The molecule has 0 aliphatic carbocycles. The molecule has 9 heteroatoms. The van der Waals surface area contributed by atoms with Crippen LogP contribution in [0.15, 0.2) is 15.6 Å². The van der Waals surface area contributed by atoms with Crippen LogP contribution < -0.4 is 5.73 Å². The molecule has 0 amide bonds. The van der Waals surface area contributed by atoms with Crippen LogP contribution in [0.25, 0.3) is 0 Å². The normalized spacial score (nSPS) is 13.3. The molecule has 0 aliphatic heterocycles. The lowest BCUT2D eigenvalue weighted by atomic mass is 10.6. The summed E-state index contributed by atoms with van der Waals surface area (Å²) in [5, 5.41) is 11.7. The molecule has 90 valence electrons. The van der Waals surface area contributed by atoms with E-state index in [1.165, 1.54) is 13.2 Å². The predicted molar refractivity (Wildman–Crippen MR) is 60.1 cm³/mol. The summed E-state index contributed by atoms with van der Waals surface area (Å²) in [6.45, 7) is 1.54. The minimum absolute atomic E-state index is 0.137. The standard InChI is InChI=1S/C7H12N4O3S2/c1-5-9-3-7(15-5)16(13,14)11(2)4-6(8)10-12/h3,12H,4H2,1-2H3,(H2,8,10). The van der Waals surface area contributed by atoms with Crippen molar-refractivity contribution in [2.45, 2.75) is 11.1 Å². The van der Waals surface area contributed by atoms with E-state index < -0.39 is 10.0 Å². The van der Waals surface area contributed by atoms with E-state index in [0.717, 1.165) is 15.6 Å². The summed E-state index contributed by atoms with van der Waals surface area (Å²) in [4.78, 5) is 3.87. The molecule has 0 bridgehead atoms. The topological polar surface area (TPSA) is 109 Å². The smallest absolute Gasteiger partial charge is 0.254 e. The molecule has 1 aromatic rings. The first-order valence-corrected chi connectivity index (χ1v) is 6.48. The fourth-order valence-corrected chi connectivity index (χ4v) is 3.42. The van der Waals surface area contributed by atoms with Gasteiger partial charge in [0.2, 0.25) is 0 Å². The van der Waals surface area contributed by atoms with Crippen LogP contribution in [0.2, 0.25) is 0 Å². The molecule has 0 saturated carbocycles. The predicted octanol–water partition coefficient (Wildman–Crippen LogP) is -0.182. The zero-order valence-electron chi connectivity index (χ0n) is 8.78. The van der Waals surface area contributed by atoms with E-state index in [1.54, 1.807) is 6.92 Å². The molecule has 16 heavy (non-hydrogen) atoms. The van der Waals surface area contributed by atoms with E-state index in [2.05, 4.69) is 10.1 Å². The number of likely N-dealkylation sites (N-methyl/N-ethyl adjacent to an activating group) is 1. The maximum atomic E-state index is 11.9. The van der Waals surface area contributed by atoms with Crippen molar-refractivity contribution in [3.05, 3.63) is 11.2 Å². The molecule has 0 aliphatic rings. The van der Waals surface area contributed by atoms with Crippen molar-refractivity contribution in [1.29, 1.82) is 0 Å². The quantitative estimate of drug-likeness (QED) is 0.339. The highest BCUT2D eigenvalue weighted by atomic mass is 32.2. The van der Waals surface area contributed by atoms with Crippen molar-refractivity contribution >= 4 is 27.2 Å². The van der Waals surface area contributed by atoms with Crippen molar-refractivity contribution in [3.8, 4) is 0 Å². The lowest BCUT2D eigenvalue weighted by molar-refractivity contribution is 0.315. The number of hydrogen-bond acceptors (Lipinski definition) is 6. The van der Waals surface area contributed by atoms with Gasteiger partial charge in [0.1, 0.15) is 0 Å². The van der Waals surface area contributed by atoms with Gasteiger partial charge in [0, 0.05) is 7.05 Å². The van der Waals surface area contributed by atoms with Crippen LogP contribution in [0.1, 0.15) is 5.01 Å². The largest absolute Gasteiger partial charge is 0.409 e. The SMILES string of the molecule is Cc1ncc(S(=O)(=O)N(C)CC(N)=NO)s1. The van der Waals surface area contributed by atoms with Crippen LogP contribution in [0, 0.1) is 6.92 Å². The Morgan fingerprint density at radius 1 is 1.75 bits per heavy atom. The zero-order valence-corrected chi connectivity index (χ0v) is 10.4. The van der Waals surface area contributed by atoms with E-state index in [1.807, 2.05) is 0 Å². The first kappa shape index (κ1) is 12.9. The van der Waals surface area contributed by atoms with E-state index in [-0.39, 0.29) is 16.6 Å². The van der Waals surface area contributed by atoms with Gasteiger partial charge in [0.25, 0.3) is 10.0 Å². The Labute approximate surface area is 97.3 Å². The summed E-state index contributed by atoms with van der Waals surface area (Å²) >= 11 is 1.07.